The van der Waals surface area contributed by atoms with E-state index in [1.54, 1.807) is 0 Å². The zero-order chi connectivity index (χ0) is 18.4. The molecule has 1 amide bonds. The van der Waals surface area contributed by atoms with Gasteiger partial charge < -0.3 is 10.6 Å². The summed E-state index contributed by atoms with van der Waals surface area (Å²) in [5, 5.41) is 5.30. The molecule has 0 spiro atoms. The van der Waals surface area contributed by atoms with Crippen molar-refractivity contribution in [2.75, 3.05) is 17.2 Å². The molecule has 0 saturated heterocycles. The van der Waals surface area contributed by atoms with E-state index in [0.29, 0.717) is 12.5 Å². The van der Waals surface area contributed by atoms with Crippen LogP contribution in [0, 0.1) is 11.6 Å². The van der Waals surface area contributed by atoms with Crippen molar-refractivity contribution < 1.29 is 13.6 Å². The smallest absolute Gasteiger partial charge is 0.274 e. The monoisotopic (exact) mass is 358 g/mol. The molecule has 1 aliphatic rings. The fourth-order valence-electron chi connectivity index (χ4n) is 2.83. The maximum Gasteiger partial charge on any atom is 0.274 e. The number of aromatic nitrogens is 2. The molecule has 7 heteroatoms. The first-order valence-electron chi connectivity index (χ1n) is 8.63. The van der Waals surface area contributed by atoms with Gasteiger partial charge in [0.1, 0.15) is 23.0 Å². The molecule has 0 saturated carbocycles. The molecule has 0 atom stereocenters. The van der Waals surface area contributed by atoms with Crippen molar-refractivity contribution in [3.63, 3.8) is 0 Å². The van der Waals surface area contributed by atoms with Gasteiger partial charge in [0.05, 0.1) is 0 Å². The van der Waals surface area contributed by atoms with E-state index in [0.717, 1.165) is 31.4 Å². The molecule has 1 aliphatic carbocycles. The van der Waals surface area contributed by atoms with Crippen molar-refractivity contribution in [2.45, 2.75) is 32.1 Å². The van der Waals surface area contributed by atoms with Crippen molar-refractivity contribution in [3.8, 4) is 0 Å². The van der Waals surface area contributed by atoms with E-state index in [4.69, 9.17) is 0 Å². The summed E-state index contributed by atoms with van der Waals surface area (Å²) in [5.41, 5.74) is 0.963. The molecule has 0 bridgehead atoms. The molecule has 3 rings (SSSR count). The van der Waals surface area contributed by atoms with Crippen LogP contribution < -0.4 is 10.6 Å². The normalized spacial score (nSPS) is 13.8. The maximum absolute atomic E-state index is 13.6. The van der Waals surface area contributed by atoms with Crippen LogP contribution in [0.1, 0.15) is 42.6 Å². The summed E-state index contributed by atoms with van der Waals surface area (Å²) in [6.07, 6.45) is 9.35. The van der Waals surface area contributed by atoms with Gasteiger partial charge in [-0.25, -0.2) is 18.7 Å². The van der Waals surface area contributed by atoms with Crippen LogP contribution in [0.4, 0.5) is 20.4 Å². The Morgan fingerprint density at radius 3 is 2.69 bits per heavy atom. The van der Waals surface area contributed by atoms with Crippen LogP contribution in [-0.2, 0) is 0 Å². The summed E-state index contributed by atoms with van der Waals surface area (Å²) < 4.78 is 27.3. The van der Waals surface area contributed by atoms with E-state index in [1.807, 2.05) is 0 Å². The average Bonchev–Trinajstić information content (AvgIpc) is 2.66. The third kappa shape index (κ3) is 4.62. The quantitative estimate of drug-likeness (QED) is 0.755. The molecule has 2 aromatic rings. The van der Waals surface area contributed by atoms with Crippen molar-refractivity contribution in [2.24, 2.45) is 0 Å². The minimum atomic E-state index is -0.841. The molecule has 0 aliphatic heterocycles. The number of hydrogen-bond donors (Lipinski definition) is 2. The van der Waals surface area contributed by atoms with Crippen LogP contribution in [0.5, 0.6) is 0 Å². The zero-order valence-electron chi connectivity index (χ0n) is 14.3. The lowest BCUT2D eigenvalue weighted by Crippen LogP contribution is -2.17. The van der Waals surface area contributed by atoms with E-state index in [2.05, 4.69) is 26.7 Å². The molecule has 2 N–H and O–H groups in total. The van der Waals surface area contributed by atoms with Crippen LogP contribution in [0.25, 0.3) is 0 Å². The van der Waals surface area contributed by atoms with E-state index in [1.165, 1.54) is 36.7 Å². The highest BCUT2D eigenvalue weighted by atomic mass is 19.1. The Balaban J connectivity index is 1.61. The van der Waals surface area contributed by atoms with Gasteiger partial charge in [0.2, 0.25) is 5.95 Å². The molecule has 1 aromatic heterocycles. The van der Waals surface area contributed by atoms with Crippen LogP contribution in [0.3, 0.4) is 0 Å². The van der Waals surface area contributed by atoms with Crippen LogP contribution in [0.2, 0.25) is 0 Å². The van der Waals surface area contributed by atoms with Gasteiger partial charge in [0.15, 0.2) is 0 Å². The molecule has 0 radical (unpaired) electrons. The Hall–Kier alpha value is -2.83. The van der Waals surface area contributed by atoms with Crippen molar-refractivity contribution in [1.29, 1.82) is 0 Å². The van der Waals surface area contributed by atoms with E-state index in [9.17, 15) is 13.6 Å². The molecule has 1 heterocycles. The Morgan fingerprint density at radius 2 is 1.96 bits per heavy atom. The summed E-state index contributed by atoms with van der Waals surface area (Å²) in [6, 6.07) is 4.77. The van der Waals surface area contributed by atoms with Crippen molar-refractivity contribution >= 4 is 17.5 Å². The molecule has 5 nitrogen and oxygen atoms in total. The fourth-order valence-corrected chi connectivity index (χ4v) is 2.83. The first kappa shape index (κ1) is 18.0. The number of carbonyl (C=O) groups excluding carboxylic acids is 1. The number of nitrogens with zero attached hydrogens (tertiary/aromatic N) is 2. The minimum Gasteiger partial charge on any atom is -0.354 e. The van der Waals surface area contributed by atoms with Gasteiger partial charge in [-0.1, -0.05) is 17.7 Å². The molecule has 26 heavy (non-hydrogen) atoms. The third-order valence-corrected chi connectivity index (χ3v) is 4.20. The largest absolute Gasteiger partial charge is 0.354 e. The van der Waals surface area contributed by atoms with Crippen molar-refractivity contribution in [1.82, 2.24) is 9.97 Å². The standard InChI is InChI=1S/C19H20F2N4O/c20-14-7-4-8-15(21)17(14)25-18(26)16-10-12-23-19(24-16)22-11-9-13-5-2-1-3-6-13/h4-5,7-8,10,12H,1-3,6,9,11H2,(H,25,26)(H,22,23,24). The predicted octanol–water partition coefficient (Wildman–Crippen LogP) is 4.31. The Kier molecular flexibility index (Phi) is 5.88. The first-order chi connectivity index (χ1) is 12.6. The number of para-hydroxylation sites is 1. The number of hydrogen-bond acceptors (Lipinski definition) is 4. The topological polar surface area (TPSA) is 66.9 Å². The summed E-state index contributed by atoms with van der Waals surface area (Å²) in [4.78, 5) is 20.4. The minimum absolute atomic E-state index is 0.0297. The van der Waals surface area contributed by atoms with Gasteiger partial charge >= 0.3 is 0 Å². The van der Waals surface area contributed by atoms with Gasteiger partial charge in [-0.15, -0.1) is 0 Å². The molecular formula is C19H20F2N4O. The van der Waals surface area contributed by atoms with Gasteiger partial charge in [-0.2, -0.15) is 0 Å². The van der Waals surface area contributed by atoms with Crippen LogP contribution >= 0.6 is 0 Å². The first-order valence-corrected chi connectivity index (χ1v) is 8.63. The highest BCUT2D eigenvalue weighted by Crippen LogP contribution is 2.20. The van der Waals surface area contributed by atoms with Gasteiger partial charge in [-0.05, 0) is 50.3 Å². The van der Waals surface area contributed by atoms with Gasteiger partial charge in [0.25, 0.3) is 5.91 Å². The number of anilines is 2. The Bertz CT molecular complexity index is 803. The lowest BCUT2D eigenvalue weighted by Gasteiger charge is -2.13. The number of halogens is 2. The number of nitrogens with one attached hydrogen (secondary N) is 2. The Morgan fingerprint density at radius 1 is 1.15 bits per heavy atom. The SMILES string of the molecule is O=C(Nc1c(F)cccc1F)c1ccnc(NCCC2=CCCCC2)n1. The van der Waals surface area contributed by atoms with Crippen LogP contribution in [0.15, 0.2) is 42.1 Å². The Labute approximate surface area is 150 Å². The molecule has 0 unspecified atom stereocenters. The number of rotatable bonds is 6. The van der Waals surface area contributed by atoms with E-state index >= 15 is 0 Å². The lowest BCUT2D eigenvalue weighted by atomic mass is 9.97. The van der Waals surface area contributed by atoms with Gasteiger partial charge in [0, 0.05) is 12.7 Å². The fraction of sp³-hybridized carbons (Fsp3) is 0.316. The van der Waals surface area contributed by atoms with Gasteiger partial charge in [-0.3, -0.25) is 4.79 Å². The molecule has 0 fully saturated rings. The second-order valence-electron chi connectivity index (χ2n) is 6.10. The second-order valence-corrected chi connectivity index (χ2v) is 6.10. The highest BCUT2D eigenvalue weighted by molar-refractivity contribution is 6.03. The van der Waals surface area contributed by atoms with E-state index < -0.39 is 23.2 Å². The molecule has 136 valence electrons. The highest BCUT2D eigenvalue weighted by Gasteiger charge is 2.15. The second kappa shape index (κ2) is 8.51. The maximum atomic E-state index is 13.6. The zero-order valence-corrected chi connectivity index (χ0v) is 14.3. The third-order valence-electron chi connectivity index (χ3n) is 4.20. The number of benzene rings is 1. The van der Waals surface area contributed by atoms with Crippen molar-refractivity contribution in [3.05, 3.63) is 59.4 Å². The lowest BCUT2D eigenvalue weighted by molar-refractivity contribution is 0.102. The molecule has 1 aromatic carbocycles. The predicted molar refractivity (Wildman–Crippen MR) is 96.0 cm³/mol. The number of carbonyl (C=O) groups is 1. The molecular weight excluding hydrogens is 338 g/mol. The number of allylic oxidation sites excluding steroid dienone is 1. The average molecular weight is 358 g/mol. The summed E-state index contributed by atoms with van der Waals surface area (Å²) in [5.74, 6) is -2.07. The van der Waals surface area contributed by atoms with Crippen LogP contribution in [-0.4, -0.2) is 22.4 Å². The number of amides is 1. The summed E-state index contributed by atoms with van der Waals surface area (Å²) in [7, 11) is 0. The van der Waals surface area contributed by atoms with E-state index in [-0.39, 0.29) is 5.69 Å². The summed E-state index contributed by atoms with van der Waals surface area (Å²) >= 11 is 0. The summed E-state index contributed by atoms with van der Waals surface area (Å²) in [6.45, 7) is 0.666.